The molecule has 0 aliphatic carbocycles. The molecule has 110 valence electrons. The molecule has 0 aliphatic rings. The average molecular weight is 281 g/mol. The Hall–Kier alpha value is -2.24. The highest BCUT2D eigenvalue weighted by molar-refractivity contribution is 5.99. The van der Waals surface area contributed by atoms with E-state index in [1.165, 1.54) is 19.2 Å². The summed E-state index contributed by atoms with van der Waals surface area (Å²) in [6.45, 7) is 3.73. The van der Waals surface area contributed by atoms with Crippen molar-refractivity contribution in [2.75, 3.05) is 7.11 Å². The number of hydrogen-bond donors (Lipinski definition) is 3. The number of aliphatic carboxylic acids is 1. The summed E-state index contributed by atoms with van der Waals surface area (Å²) in [6, 6.07) is 3.47. The quantitative estimate of drug-likeness (QED) is 0.736. The minimum Gasteiger partial charge on any atom is -0.504 e. The zero-order valence-electron chi connectivity index (χ0n) is 11.7. The number of carboxylic acid groups (broad SMARTS) is 1. The van der Waals surface area contributed by atoms with E-state index in [2.05, 4.69) is 5.32 Å². The molecule has 3 N–H and O–H groups in total. The molecule has 0 heterocycles. The van der Waals surface area contributed by atoms with Crippen LogP contribution in [0.25, 0.3) is 0 Å². The predicted molar refractivity (Wildman–Crippen MR) is 73.0 cm³/mol. The topological polar surface area (TPSA) is 95.9 Å². The molecule has 6 nitrogen and oxygen atoms in total. The zero-order chi connectivity index (χ0) is 15.3. The van der Waals surface area contributed by atoms with E-state index in [9.17, 15) is 14.7 Å². The smallest absolute Gasteiger partial charge is 0.326 e. The van der Waals surface area contributed by atoms with Crippen LogP contribution in [0.3, 0.4) is 0 Å². The SMILES string of the molecule is COc1cccc(C(=O)N[C@H](CC(C)C)C(=O)O)c1O. The molecule has 0 saturated carbocycles. The first kappa shape index (κ1) is 15.8. The number of amides is 1. The van der Waals surface area contributed by atoms with Crippen LogP contribution < -0.4 is 10.1 Å². The third kappa shape index (κ3) is 3.88. The molecule has 20 heavy (non-hydrogen) atoms. The van der Waals surface area contributed by atoms with E-state index in [0.717, 1.165) is 0 Å². The van der Waals surface area contributed by atoms with Crippen molar-refractivity contribution in [3.8, 4) is 11.5 Å². The molecule has 0 aliphatic heterocycles. The van der Waals surface area contributed by atoms with Crippen LogP contribution in [0.4, 0.5) is 0 Å². The first-order chi connectivity index (χ1) is 9.36. The first-order valence-electron chi connectivity index (χ1n) is 6.26. The number of rotatable bonds is 6. The van der Waals surface area contributed by atoms with Gasteiger partial charge in [-0.15, -0.1) is 0 Å². The second kappa shape index (κ2) is 6.79. The van der Waals surface area contributed by atoms with Crippen LogP contribution in [0.5, 0.6) is 11.5 Å². The number of phenolic OH excluding ortho intramolecular Hbond substituents is 1. The number of aromatic hydroxyl groups is 1. The lowest BCUT2D eigenvalue weighted by atomic mass is 10.0. The van der Waals surface area contributed by atoms with Crippen LogP contribution >= 0.6 is 0 Å². The molecule has 1 amide bonds. The maximum Gasteiger partial charge on any atom is 0.326 e. The van der Waals surface area contributed by atoms with Gasteiger partial charge in [0.25, 0.3) is 5.91 Å². The van der Waals surface area contributed by atoms with Crippen LogP contribution in [-0.4, -0.2) is 35.2 Å². The standard InChI is InChI=1S/C14H19NO5/c1-8(2)7-10(14(18)19)15-13(17)9-5-4-6-11(20-3)12(9)16/h4-6,8,10,16H,7H2,1-3H3,(H,15,17)(H,18,19)/t10-/m1/s1. The molecular formula is C14H19NO5. The molecule has 0 unspecified atom stereocenters. The van der Waals surface area contributed by atoms with Gasteiger partial charge in [-0.3, -0.25) is 4.79 Å². The minimum absolute atomic E-state index is 0.0145. The number of nitrogens with one attached hydrogen (secondary N) is 1. The number of carboxylic acids is 1. The van der Waals surface area contributed by atoms with Crippen molar-refractivity contribution in [1.82, 2.24) is 5.32 Å². The van der Waals surface area contributed by atoms with Gasteiger partial charge < -0.3 is 20.3 Å². The molecule has 0 aromatic heterocycles. The predicted octanol–water partition coefficient (Wildman–Crippen LogP) is 1.63. The highest BCUT2D eigenvalue weighted by atomic mass is 16.5. The van der Waals surface area contributed by atoms with E-state index in [1.54, 1.807) is 6.07 Å². The maximum absolute atomic E-state index is 12.0. The second-order valence-electron chi connectivity index (χ2n) is 4.85. The molecule has 1 aromatic carbocycles. The van der Waals surface area contributed by atoms with Gasteiger partial charge in [-0.2, -0.15) is 0 Å². The van der Waals surface area contributed by atoms with Crippen molar-refractivity contribution in [3.05, 3.63) is 23.8 Å². The van der Waals surface area contributed by atoms with E-state index in [4.69, 9.17) is 9.84 Å². The summed E-state index contributed by atoms with van der Waals surface area (Å²) >= 11 is 0. The van der Waals surface area contributed by atoms with Crippen molar-refractivity contribution < 1.29 is 24.5 Å². The van der Waals surface area contributed by atoms with E-state index < -0.39 is 17.9 Å². The minimum atomic E-state index is -1.10. The summed E-state index contributed by atoms with van der Waals surface area (Å²) in [7, 11) is 1.37. The van der Waals surface area contributed by atoms with Gasteiger partial charge in [-0.1, -0.05) is 19.9 Å². The first-order valence-corrected chi connectivity index (χ1v) is 6.26. The van der Waals surface area contributed by atoms with Crippen LogP contribution in [0.15, 0.2) is 18.2 Å². The summed E-state index contributed by atoms with van der Waals surface area (Å²) in [5, 5.41) is 21.3. The number of carbonyl (C=O) groups excluding carboxylic acids is 1. The molecule has 0 fully saturated rings. The number of ether oxygens (including phenoxy) is 1. The zero-order valence-corrected chi connectivity index (χ0v) is 11.7. The van der Waals surface area contributed by atoms with Crippen LogP contribution in [0.1, 0.15) is 30.6 Å². The van der Waals surface area contributed by atoms with Gasteiger partial charge in [0.1, 0.15) is 6.04 Å². The summed E-state index contributed by atoms with van der Waals surface area (Å²) in [4.78, 5) is 23.1. The highest BCUT2D eigenvalue weighted by Gasteiger charge is 2.23. The van der Waals surface area contributed by atoms with Crippen LogP contribution in [0.2, 0.25) is 0 Å². The van der Waals surface area contributed by atoms with Crippen molar-refractivity contribution in [2.45, 2.75) is 26.3 Å². The Morgan fingerprint density at radius 3 is 2.50 bits per heavy atom. The normalized spacial score (nSPS) is 12.0. The van der Waals surface area contributed by atoms with Gasteiger partial charge >= 0.3 is 5.97 Å². The lowest BCUT2D eigenvalue weighted by Crippen LogP contribution is -2.41. The van der Waals surface area contributed by atoms with Crippen molar-refractivity contribution in [1.29, 1.82) is 0 Å². The molecule has 1 rings (SSSR count). The Morgan fingerprint density at radius 1 is 1.35 bits per heavy atom. The van der Waals surface area contributed by atoms with Gasteiger partial charge in [0.15, 0.2) is 11.5 Å². The Balaban J connectivity index is 2.92. The second-order valence-corrected chi connectivity index (χ2v) is 4.85. The van der Waals surface area contributed by atoms with E-state index in [0.29, 0.717) is 6.42 Å². The number of methoxy groups -OCH3 is 1. The molecule has 0 bridgehead atoms. The maximum atomic E-state index is 12.0. The third-order valence-electron chi connectivity index (χ3n) is 2.77. The Kier molecular flexibility index (Phi) is 5.37. The average Bonchev–Trinajstić information content (AvgIpc) is 2.37. The fraction of sp³-hybridized carbons (Fsp3) is 0.429. The monoisotopic (exact) mass is 281 g/mol. The lowest BCUT2D eigenvalue weighted by molar-refractivity contribution is -0.139. The van der Waals surface area contributed by atoms with Gasteiger partial charge in [-0.25, -0.2) is 4.79 Å². The van der Waals surface area contributed by atoms with E-state index in [-0.39, 0.29) is 23.0 Å². The Morgan fingerprint density at radius 2 is 2.00 bits per heavy atom. The van der Waals surface area contributed by atoms with Gasteiger partial charge in [-0.05, 0) is 24.5 Å². The molecule has 0 spiro atoms. The summed E-state index contributed by atoms with van der Waals surface area (Å²) < 4.78 is 4.91. The Labute approximate surface area is 117 Å². The highest BCUT2D eigenvalue weighted by Crippen LogP contribution is 2.29. The molecule has 1 aromatic rings. The summed E-state index contributed by atoms with van der Waals surface area (Å²) in [6.07, 6.45) is 0.311. The number of benzene rings is 1. The van der Waals surface area contributed by atoms with Crippen LogP contribution in [-0.2, 0) is 4.79 Å². The molecule has 6 heteroatoms. The number of hydrogen-bond acceptors (Lipinski definition) is 4. The third-order valence-corrected chi connectivity index (χ3v) is 2.77. The van der Waals surface area contributed by atoms with Crippen LogP contribution in [0, 0.1) is 5.92 Å². The number of carbonyl (C=O) groups is 2. The Bertz CT molecular complexity index is 498. The van der Waals surface area contributed by atoms with Crippen molar-refractivity contribution in [3.63, 3.8) is 0 Å². The summed E-state index contributed by atoms with van der Waals surface area (Å²) in [5.74, 6) is -1.77. The number of phenols is 1. The summed E-state index contributed by atoms with van der Waals surface area (Å²) in [5.41, 5.74) is -0.0145. The fourth-order valence-corrected chi connectivity index (χ4v) is 1.80. The molecular weight excluding hydrogens is 262 g/mol. The lowest BCUT2D eigenvalue weighted by Gasteiger charge is -2.17. The largest absolute Gasteiger partial charge is 0.504 e. The van der Waals surface area contributed by atoms with Crippen molar-refractivity contribution >= 4 is 11.9 Å². The van der Waals surface area contributed by atoms with Gasteiger partial charge in [0, 0.05) is 0 Å². The van der Waals surface area contributed by atoms with Crippen molar-refractivity contribution in [2.24, 2.45) is 5.92 Å². The fourth-order valence-electron chi connectivity index (χ4n) is 1.80. The van der Waals surface area contributed by atoms with E-state index in [1.807, 2.05) is 13.8 Å². The molecule has 1 atom stereocenters. The number of para-hydroxylation sites is 1. The molecule has 0 radical (unpaired) electrons. The molecule has 0 saturated heterocycles. The van der Waals surface area contributed by atoms with Gasteiger partial charge in [0.2, 0.25) is 0 Å². The van der Waals surface area contributed by atoms with Gasteiger partial charge in [0.05, 0.1) is 12.7 Å². The van der Waals surface area contributed by atoms with E-state index >= 15 is 0 Å².